The maximum Gasteiger partial charge on any atom is 0.236 e. The van der Waals surface area contributed by atoms with Crippen LogP contribution in [0.25, 0.3) is 0 Å². The van der Waals surface area contributed by atoms with Crippen LogP contribution >= 0.6 is 0 Å². The Hall–Kier alpha value is -1.55. The number of amides is 1. The Labute approximate surface area is 102 Å². The van der Waals surface area contributed by atoms with Gasteiger partial charge in [0.1, 0.15) is 12.4 Å². The summed E-state index contributed by atoms with van der Waals surface area (Å²) in [6, 6.07) is 7.43. The molecule has 1 rings (SSSR count). The molecular formula is C13H20N2O2. The third-order valence-corrected chi connectivity index (χ3v) is 2.43. The summed E-state index contributed by atoms with van der Waals surface area (Å²) in [4.78, 5) is 11.2. The average Bonchev–Trinajstić information content (AvgIpc) is 2.34. The monoisotopic (exact) mass is 236 g/mol. The van der Waals surface area contributed by atoms with Gasteiger partial charge in [-0.15, -0.1) is 0 Å². The van der Waals surface area contributed by atoms with Gasteiger partial charge in [-0.3, -0.25) is 4.79 Å². The van der Waals surface area contributed by atoms with Crippen molar-refractivity contribution in [2.45, 2.75) is 26.3 Å². The molecule has 4 heteroatoms. The van der Waals surface area contributed by atoms with Crippen LogP contribution in [-0.4, -0.2) is 25.1 Å². The van der Waals surface area contributed by atoms with Crippen molar-refractivity contribution < 1.29 is 9.53 Å². The van der Waals surface area contributed by atoms with Gasteiger partial charge >= 0.3 is 0 Å². The lowest BCUT2D eigenvalue weighted by Crippen LogP contribution is -2.40. The number of carbonyl (C=O) groups excluding carboxylic acids is 1. The molecule has 0 aliphatic heterocycles. The molecule has 1 unspecified atom stereocenters. The first-order valence-corrected chi connectivity index (χ1v) is 5.89. The molecule has 1 aromatic rings. The number of aryl methyl sites for hydroxylation is 1. The van der Waals surface area contributed by atoms with Crippen LogP contribution in [0.5, 0.6) is 5.75 Å². The third-order valence-electron chi connectivity index (χ3n) is 2.43. The van der Waals surface area contributed by atoms with E-state index < -0.39 is 6.04 Å². The Balaban J connectivity index is 2.33. The molecule has 0 saturated heterocycles. The molecule has 1 aromatic carbocycles. The fraction of sp³-hybridized carbons (Fsp3) is 0.462. The molecule has 0 spiro atoms. The van der Waals surface area contributed by atoms with E-state index in [4.69, 9.17) is 10.5 Å². The molecule has 4 nitrogen and oxygen atoms in total. The van der Waals surface area contributed by atoms with Crippen LogP contribution in [0.3, 0.4) is 0 Å². The molecule has 0 bridgehead atoms. The minimum absolute atomic E-state index is 0.155. The molecule has 1 atom stereocenters. The maximum absolute atomic E-state index is 11.2. The second-order valence-electron chi connectivity index (χ2n) is 3.89. The number of hydrogen-bond acceptors (Lipinski definition) is 3. The third kappa shape index (κ3) is 4.44. The van der Waals surface area contributed by atoms with Crippen LogP contribution in [0.2, 0.25) is 0 Å². The van der Waals surface area contributed by atoms with E-state index in [1.54, 1.807) is 6.92 Å². The van der Waals surface area contributed by atoms with Gasteiger partial charge in [-0.1, -0.05) is 25.1 Å². The smallest absolute Gasteiger partial charge is 0.236 e. The molecule has 0 radical (unpaired) electrons. The van der Waals surface area contributed by atoms with E-state index in [1.807, 2.05) is 24.3 Å². The average molecular weight is 236 g/mol. The Morgan fingerprint density at radius 1 is 1.47 bits per heavy atom. The highest BCUT2D eigenvalue weighted by Gasteiger charge is 2.06. The van der Waals surface area contributed by atoms with Crippen LogP contribution in [0.1, 0.15) is 19.4 Å². The number of para-hydroxylation sites is 1. The fourth-order valence-electron chi connectivity index (χ4n) is 1.43. The number of rotatable bonds is 6. The maximum atomic E-state index is 11.2. The predicted octanol–water partition coefficient (Wildman–Crippen LogP) is 1.09. The lowest BCUT2D eigenvalue weighted by molar-refractivity contribution is -0.122. The van der Waals surface area contributed by atoms with Gasteiger partial charge in [-0.25, -0.2) is 0 Å². The first-order chi connectivity index (χ1) is 8.15. The lowest BCUT2D eigenvalue weighted by Gasteiger charge is -2.11. The normalized spacial score (nSPS) is 11.9. The van der Waals surface area contributed by atoms with Crippen molar-refractivity contribution in [1.82, 2.24) is 5.32 Å². The first kappa shape index (κ1) is 13.5. The summed E-state index contributed by atoms with van der Waals surface area (Å²) in [6.45, 7) is 4.66. The predicted molar refractivity (Wildman–Crippen MR) is 68.0 cm³/mol. The summed E-state index contributed by atoms with van der Waals surface area (Å²) in [5.41, 5.74) is 6.59. The lowest BCUT2D eigenvalue weighted by atomic mass is 10.1. The van der Waals surface area contributed by atoms with E-state index in [9.17, 15) is 4.79 Å². The zero-order valence-corrected chi connectivity index (χ0v) is 10.4. The van der Waals surface area contributed by atoms with Gasteiger partial charge in [0, 0.05) is 0 Å². The molecule has 3 N–H and O–H groups in total. The van der Waals surface area contributed by atoms with Gasteiger partial charge in [-0.05, 0) is 25.0 Å². The quantitative estimate of drug-likeness (QED) is 0.727. The van der Waals surface area contributed by atoms with E-state index >= 15 is 0 Å². The van der Waals surface area contributed by atoms with Crippen molar-refractivity contribution in [2.75, 3.05) is 13.2 Å². The fourth-order valence-corrected chi connectivity index (χ4v) is 1.43. The van der Waals surface area contributed by atoms with E-state index in [1.165, 1.54) is 5.56 Å². The largest absolute Gasteiger partial charge is 0.491 e. The summed E-state index contributed by atoms with van der Waals surface area (Å²) >= 11 is 0. The SMILES string of the molecule is CCc1ccccc1OCCNC(=O)C(C)N. The van der Waals surface area contributed by atoms with E-state index in [-0.39, 0.29) is 5.91 Å². The van der Waals surface area contributed by atoms with Crippen molar-refractivity contribution >= 4 is 5.91 Å². The molecule has 1 amide bonds. The molecule has 94 valence electrons. The number of nitrogens with one attached hydrogen (secondary N) is 1. The zero-order valence-electron chi connectivity index (χ0n) is 10.4. The molecule has 0 saturated carbocycles. The number of benzene rings is 1. The van der Waals surface area contributed by atoms with Gasteiger partial charge in [-0.2, -0.15) is 0 Å². The molecule has 0 heterocycles. The van der Waals surface area contributed by atoms with Crippen molar-refractivity contribution in [2.24, 2.45) is 5.73 Å². The number of nitrogens with two attached hydrogens (primary N) is 1. The summed E-state index contributed by atoms with van der Waals surface area (Å²) in [5.74, 6) is 0.724. The van der Waals surface area contributed by atoms with Crippen molar-refractivity contribution in [3.8, 4) is 5.75 Å². The van der Waals surface area contributed by atoms with Gasteiger partial charge in [0.15, 0.2) is 0 Å². The zero-order chi connectivity index (χ0) is 12.7. The van der Waals surface area contributed by atoms with Crippen LogP contribution < -0.4 is 15.8 Å². The van der Waals surface area contributed by atoms with Crippen molar-refractivity contribution in [1.29, 1.82) is 0 Å². The van der Waals surface area contributed by atoms with Crippen LogP contribution in [-0.2, 0) is 11.2 Å². The van der Waals surface area contributed by atoms with E-state index in [0.717, 1.165) is 12.2 Å². The van der Waals surface area contributed by atoms with Crippen molar-refractivity contribution in [3.05, 3.63) is 29.8 Å². The molecule has 0 fully saturated rings. The standard InChI is InChI=1S/C13H20N2O2/c1-3-11-6-4-5-7-12(11)17-9-8-15-13(16)10(2)14/h4-7,10H,3,8-9,14H2,1-2H3,(H,15,16). The Morgan fingerprint density at radius 2 is 2.18 bits per heavy atom. The highest BCUT2D eigenvalue weighted by molar-refractivity contribution is 5.80. The Morgan fingerprint density at radius 3 is 2.82 bits per heavy atom. The summed E-state index contributed by atoms with van der Waals surface area (Å²) in [7, 11) is 0. The molecule has 0 aliphatic rings. The topological polar surface area (TPSA) is 64.3 Å². The van der Waals surface area contributed by atoms with Gasteiger partial charge in [0.2, 0.25) is 5.91 Å². The van der Waals surface area contributed by atoms with E-state index in [2.05, 4.69) is 12.2 Å². The molecular weight excluding hydrogens is 216 g/mol. The van der Waals surface area contributed by atoms with Gasteiger partial charge in [0.05, 0.1) is 12.6 Å². The molecule has 0 aliphatic carbocycles. The number of hydrogen-bond donors (Lipinski definition) is 2. The van der Waals surface area contributed by atoms with Gasteiger partial charge < -0.3 is 15.8 Å². The van der Waals surface area contributed by atoms with E-state index in [0.29, 0.717) is 13.2 Å². The molecule has 0 aromatic heterocycles. The van der Waals surface area contributed by atoms with Crippen LogP contribution in [0, 0.1) is 0 Å². The number of ether oxygens (including phenoxy) is 1. The Bertz CT molecular complexity index is 364. The van der Waals surface area contributed by atoms with Crippen molar-refractivity contribution in [3.63, 3.8) is 0 Å². The van der Waals surface area contributed by atoms with Crippen LogP contribution in [0.15, 0.2) is 24.3 Å². The Kier molecular flexibility index (Phi) is 5.49. The second kappa shape index (κ2) is 6.91. The summed E-state index contributed by atoms with van der Waals surface area (Å²) in [6.07, 6.45) is 0.933. The highest BCUT2D eigenvalue weighted by atomic mass is 16.5. The second-order valence-corrected chi connectivity index (χ2v) is 3.89. The minimum atomic E-state index is -0.474. The first-order valence-electron chi connectivity index (χ1n) is 5.89. The highest BCUT2D eigenvalue weighted by Crippen LogP contribution is 2.17. The molecule has 17 heavy (non-hydrogen) atoms. The van der Waals surface area contributed by atoms with Gasteiger partial charge in [0.25, 0.3) is 0 Å². The van der Waals surface area contributed by atoms with Crippen LogP contribution in [0.4, 0.5) is 0 Å². The summed E-state index contributed by atoms with van der Waals surface area (Å²) in [5, 5.41) is 2.70. The minimum Gasteiger partial charge on any atom is -0.491 e. The number of carbonyl (C=O) groups is 1. The summed E-state index contributed by atoms with van der Waals surface area (Å²) < 4.78 is 5.60.